The highest BCUT2D eigenvalue weighted by Gasteiger charge is 2.22. The molecule has 0 spiro atoms. The Labute approximate surface area is 73.1 Å². The fourth-order valence-corrected chi connectivity index (χ4v) is 1.79. The van der Waals surface area contributed by atoms with E-state index in [1.807, 2.05) is 0 Å². The molecule has 1 atom stereocenters. The number of piperidine rings is 1. The third-order valence-electron chi connectivity index (χ3n) is 2.47. The maximum absolute atomic E-state index is 9.42. The fourth-order valence-electron chi connectivity index (χ4n) is 1.54. The van der Waals surface area contributed by atoms with Crippen LogP contribution in [0.2, 0.25) is 0 Å². The molecule has 1 saturated heterocycles. The van der Waals surface area contributed by atoms with Crippen molar-refractivity contribution in [1.29, 1.82) is 0 Å². The molecule has 1 aliphatic rings. The lowest BCUT2D eigenvalue weighted by molar-refractivity contribution is 0.0821. The average Bonchev–Trinajstić information content (AvgIpc) is 2.05. The number of nitrogens with zero attached hydrogens (tertiary/aromatic N) is 1. The van der Waals surface area contributed by atoms with Gasteiger partial charge in [-0.1, -0.05) is 0 Å². The standard InChI is InChI=1S/C8H16ClNO/c1-10-4-2-7(3-5-10)8(11)6-9/h7-8,11H,2-6H2,1H3. The van der Waals surface area contributed by atoms with E-state index in [4.69, 9.17) is 11.6 Å². The lowest BCUT2D eigenvalue weighted by Crippen LogP contribution is -2.36. The van der Waals surface area contributed by atoms with E-state index < -0.39 is 0 Å². The lowest BCUT2D eigenvalue weighted by atomic mass is 9.92. The van der Waals surface area contributed by atoms with E-state index in [1.165, 1.54) is 0 Å². The predicted molar refractivity (Wildman–Crippen MR) is 46.9 cm³/mol. The van der Waals surface area contributed by atoms with Gasteiger partial charge in [-0.25, -0.2) is 0 Å². The maximum Gasteiger partial charge on any atom is 0.0704 e. The molecule has 0 aromatic rings. The molecule has 0 aromatic heterocycles. The highest BCUT2D eigenvalue weighted by Crippen LogP contribution is 2.20. The van der Waals surface area contributed by atoms with Gasteiger partial charge in [-0.05, 0) is 38.9 Å². The molecule has 0 saturated carbocycles. The molecule has 66 valence electrons. The maximum atomic E-state index is 9.42. The average molecular weight is 178 g/mol. The number of aliphatic hydroxyl groups is 1. The van der Waals surface area contributed by atoms with Gasteiger partial charge in [0, 0.05) is 5.88 Å². The third-order valence-corrected chi connectivity index (χ3v) is 2.78. The highest BCUT2D eigenvalue weighted by atomic mass is 35.5. The van der Waals surface area contributed by atoms with Crippen LogP contribution in [-0.4, -0.2) is 42.1 Å². The summed E-state index contributed by atoms with van der Waals surface area (Å²) in [5.74, 6) is 0.817. The monoisotopic (exact) mass is 177 g/mol. The largest absolute Gasteiger partial charge is 0.392 e. The SMILES string of the molecule is CN1CCC(C(O)CCl)CC1. The van der Waals surface area contributed by atoms with E-state index in [0.29, 0.717) is 11.8 Å². The van der Waals surface area contributed by atoms with E-state index in [2.05, 4.69) is 11.9 Å². The molecule has 1 rings (SSSR count). The number of alkyl halides is 1. The summed E-state index contributed by atoms with van der Waals surface area (Å²) in [6.45, 7) is 2.19. The number of aliphatic hydroxyl groups excluding tert-OH is 1. The first-order valence-electron chi connectivity index (χ1n) is 4.16. The van der Waals surface area contributed by atoms with Crippen LogP contribution in [0.25, 0.3) is 0 Å². The molecule has 0 aromatic carbocycles. The van der Waals surface area contributed by atoms with Crippen molar-refractivity contribution in [2.75, 3.05) is 26.0 Å². The Morgan fingerprint density at radius 1 is 1.55 bits per heavy atom. The fraction of sp³-hybridized carbons (Fsp3) is 1.00. The van der Waals surface area contributed by atoms with Crippen molar-refractivity contribution in [2.24, 2.45) is 5.92 Å². The minimum absolute atomic E-state index is 0.287. The van der Waals surface area contributed by atoms with Crippen LogP contribution < -0.4 is 0 Å². The molecule has 0 bridgehead atoms. The number of hydrogen-bond donors (Lipinski definition) is 1. The van der Waals surface area contributed by atoms with E-state index in [1.54, 1.807) is 0 Å². The first-order valence-corrected chi connectivity index (χ1v) is 4.70. The minimum Gasteiger partial charge on any atom is -0.392 e. The number of hydrogen-bond acceptors (Lipinski definition) is 2. The summed E-state index contributed by atoms with van der Waals surface area (Å²) in [7, 11) is 2.11. The topological polar surface area (TPSA) is 23.5 Å². The van der Waals surface area contributed by atoms with Gasteiger partial charge in [0.05, 0.1) is 6.10 Å². The summed E-state index contributed by atoms with van der Waals surface area (Å²) in [6, 6.07) is 0. The highest BCUT2D eigenvalue weighted by molar-refractivity contribution is 6.18. The van der Waals surface area contributed by atoms with Crippen LogP contribution >= 0.6 is 11.6 Å². The molecular formula is C8H16ClNO. The van der Waals surface area contributed by atoms with Gasteiger partial charge >= 0.3 is 0 Å². The van der Waals surface area contributed by atoms with Crippen LogP contribution in [0.4, 0.5) is 0 Å². The zero-order valence-corrected chi connectivity index (χ0v) is 7.72. The molecule has 0 aliphatic carbocycles. The molecule has 1 aliphatic heterocycles. The van der Waals surface area contributed by atoms with Gasteiger partial charge < -0.3 is 10.0 Å². The van der Waals surface area contributed by atoms with E-state index in [0.717, 1.165) is 25.9 Å². The van der Waals surface area contributed by atoms with Crippen molar-refractivity contribution >= 4 is 11.6 Å². The van der Waals surface area contributed by atoms with Crippen molar-refractivity contribution in [3.8, 4) is 0 Å². The number of rotatable bonds is 2. The number of halogens is 1. The molecular weight excluding hydrogens is 162 g/mol. The quantitative estimate of drug-likeness (QED) is 0.635. The molecule has 2 nitrogen and oxygen atoms in total. The predicted octanol–water partition coefficient (Wildman–Crippen LogP) is 0.928. The van der Waals surface area contributed by atoms with Crippen LogP contribution in [0, 0.1) is 5.92 Å². The smallest absolute Gasteiger partial charge is 0.0704 e. The summed E-state index contributed by atoms with van der Waals surface area (Å²) in [4.78, 5) is 2.29. The van der Waals surface area contributed by atoms with E-state index in [-0.39, 0.29) is 6.10 Å². The summed E-state index contributed by atoms with van der Waals surface area (Å²) in [6.07, 6.45) is 1.89. The van der Waals surface area contributed by atoms with Crippen molar-refractivity contribution in [2.45, 2.75) is 18.9 Å². The second kappa shape index (κ2) is 4.29. The molecule has 0 amide bonds. The molecule has 1 unspecified atom stereocenters. The van der Waals surface area contributed by atoms with Crippen molar-refractivity contribution in [3.63, 3.8) is 0 Å². The molecule has 11 heavy (non-hydrogen) atoms. The molecule has 1 N–H and O–H groups in total. The zero-order chi connectivity index (χ0) is 8.27. The summed E-state index contributed by atoms with van der Waals surface area (Å²) < 4.78 is 0. The van der Waals surface area contributed by atoms with Crippen LogP contribution in [0.15, 0.2) is 0 Å². The first kappa shape index (κ1) is 9.30. The van der Waals surface area contributed by atoms with Gasteiger partial charge in [-0.15, -0.1) is 11.6 Å². The van der Waals surface area contributed by atoms with Gasteiger partial charge in [0.1, 0.15) is 0 Å². The molecule has 3 heteroatoms. The second-order valence-electron chi connectivity index (χ2n) is 3.36. The Morgan fingerprint density at radius 3 is 2.55 bits per heavy atom. The Kier molecular flexibility index (Phi) is 3.63. The Balaban J connectivity index is 2.27. The Hall–Kier alpha value is 0.210. The molecule has 1 heterocycles. The third kappa shape index (κ3) is 2.62. The number of likely N-dealkylation sites (tertiary alicyclic amines) is 1. The van der Waals surface area contributed by atoms with Gasteiger partial charge in [-0.2, -0.15) is 0 Å². The van der Waals surface area contributed by atoms with Gasteiger partial charge in [-0.3, -0.25) is 0 Å². The molecule has 1 fully saturated rings. The summed E-state index contributed by atoms with van der Waals surface area (Å²) in [5.41, 5.74) is 0. The Morgan fingerprint density at radius 2 is 2.09 bits per heavy atom. The normalized spacial score (nSPS) is 25.4. The van der Waals surface area contributed by atoms with Gasteiger partial charge in [0.25, 0.3) is 0 Å². The summed E-state index contributed by atoms with van der Waals surface area (Å²) >= 11 is 5.56. The van der Waals surface area contributed by atoms with Crippen LogP contribution in [0.3, 0.4) is 0 Å². The van der Waals surface area contributed by atoms with E-state index >= 15 is 0 Å². The minimum atomic E-state index is -0.287. The van der Waals surface area contributed by atoms with Crippen LogP contribution in [-0.2, 0) is 0 Å². The molecule has 0 radical (unpaired) electrons. The lowest BCUT2D eigenvalue weighted by Gasteiger charge is -2.31. The van der Waals surface area contributed by atoms with Gasteiger partial charge in [0.2, 0.25) is 0 Å². The first-order chi connectivity index (χ1) is 5.24. The van der Waals surface area contributed by atoms with Gasteiger partial charge in [0.15, 0.2) is 0 Å². The van der Waals surface area contributed by atoms with Crippen LogP contribution in [0.1, 0.15) is 12.8 Å². The van der Waals surface area contributed by atoms with Crippen LogP contribution in [0.5, 0.6) is 0 Å². The summed E-state index contributed by atoms with van der Waals surface area (Å²) in [5, 5.41) is 9.42. The van der Waals surface area contributed by atoms with E-state index in [9.17, 15) is 5.11 Å². The second-order valence-corrected chi connectivity index (χ2v) is 3.67. The van der Waals surface area contributed by atoms with Crippen molar-refractivity contribution in [3.05, 3.63) is 0 Å². The Bertz CT molecular complexity index is 113. The zero-order valence-electron chi connectivity index (χ0n) is 6.96. The van der Waals surface area contributed by atoms with Crippen molar-refractivity contribution < 1.29 is 5.11 Å². The van der Waals surface area contributed by atoms with Crippen molar-refractivity contribution in [1.82, 2.24) is 4.90 Å².